The molecule has 1 saturated heterocycles. The number of amides is 1. The van der Waals surface area contributed by atoms with Crippen LogP contribution in [0.15, 0.2) is 24.3 Å². The summed E-state index contributed by atoms with van der Waals surface area (Å²) in [5.41, 5.74) is 1.18. The zero-order valence-electron chi connectivity index (χ0n) is 9.40. The predicted molar refractivity (Wildman–Crippen MR) is 73.1 cm³/mol. The van der Waals surface area contributed by atoms with Crippen molar-refractivity contribution in [3.63, 3.8) is 0 Å². The third-order valence-electron chi connectivity index (χ3n) is 3.06. The molecule has 3 nitrogen and oxygen atoms in total. The van der Waals surface area contributed by atoms with Gasteiger partial charge in [0.15, 0.2) is 0 Å². The smallest absolute Gasteiger partial charge is 0.237 e. The molecule has 1 aliphatic rings. The monoisotopic (exact) mass is 340 g/mol. The van der Waals surface area contributed by atoms with Gasteiger partial charge < -0.3 is 4.90 Å². The van der Waals surface area contributed by atoms with Crippen LogP contribution in [0, 0.1) is 14.9 Å². The van der Waals surface area contributed by atoms with E-state index in [0.29, 0.717) is 0 Å². The van der Waals surface area contributed by atoms with E-state index in [-0.39, 0.29) is 18.4 Å². The van der Waals surface area contributed by atoms with E-state index < -0.39 is 0 Å². The van der Waals surface area contributed by atoms with E-state index in [1.807, 2.05) is 11.0 Å². The normalized spacial score (nSPS) is 19.1. The summed E-state index contributed by atoms with van der Waals surface area (Å²) in [5.74, 6) is -0.0476. The van der Waals surface area contributed by atoms with Crippen LogP contribution in [0.3, 0.4) is 0 Å². The van der Waals surface area contributed by atoms with Crippen LogP contribution in [0.4, 0.5) is 0 Å². The summed E-state index contributed by atoms with van der Waals surface area (Å²) in [7, 11) is 0. The molecule has 1 unspecified atom stereocenters. The van der Waals surface area contributed by atoms with Crippen LogP contribution in [-0.4, -0.2) is 17.4 Å². The van der Waals surface area contributed by atoms with Crippen LogP contribution in [0.5, 0.6) is 0 Å². The summed E-state index contributed by atoms with van der Waals surface area (Å²) in [4.78, 5) is 13.6. The lowest BCUT2D eigenvalue weighted by molar-refractivity contribution is -0.131. The first kappa shape index (κ1) is 12.4. The Morgan fingerprint density at radius 1 is 1.47 bits per heavy atom. The van der Waals surface area contributed by atoms with Gasteiger partial charge in [0.1, 0.15) is 6.42 Å². The van der Waals surface area contributed by atoms with Gasteiger partial charge in [0, 0.05) is 10.1 Å². The molecule has 0 aliphatic carbocycles. The van der Waals surface area contributed by atoms with Gasteiger partial charge in [-0.2, -0.15) is 5.26 Å². The van der Waals surface area contributed by atoms with Gasteiger partial charge in [0.25, 0.3) is 0 Å². The highest BCUT2D eigenvalue weighted by molar-refractivity contribution is 14.1. The zero-order valence-corrected chi connectivity index (χ0v) is 11.6. The standard InChI is InChI=1S/C13H13IN2O/c14-11-5-3-10(4-6-11)12-2-1-9-16(12)13(17)7-8-15/h3-6,12H,1-2,7,9H2. The Morgan fingerprint density at radius 3 is 2.82 bits per heavy atom. The first-order chi connectivity index (χ1) is 8.22. The number of benzene rings is 1. The summed E-state index contributed by atoms with van der Waals surface area (Å²) in [6, 6.07) is 10.4. The topological polar surface area (TPSA) is 44.1 Å². The number of halogens is 1. The fraction of sp³-hybridized carbons (Fsp3) is 0.385. The van der Waals surface area contributed by atoms with E-state index in [2.05, 4.69) is 46.9 Å². The lowest BCUT2D eigenvalue weighted by Crippen LogP contribution is -2.29. The number of hydrogen-bond donors (Lipinski definition) is 0. The molecule has 0 radical (unpaired) electrons. The number of nitriles is 1. The molecule has 1 aromatic rings. The highest BCUT2D eigenvalue weighted by Crippen LogP contribution is 2.32. The fourth-order valence-corrected chi connectivity index (χ4v) is 2.63. The van der Waals surface area contributed by atoms with Gasteiger partial charge in [-0.1, -0.05) is 12.1 Å². The number of carbonyl (C=O) groups excluding carboxylic acids is 1. The van der Waals surface area contributed by atoms with Crippen molar-refractivity contribution in [3.05, 3.63) is 33.4 Å². The number of nitrogens with zero attached hydrogens (tertiary/aromatic N) is 2. The maximum atomic E-state index is 11.8. The van der Waals surface area contributed by atoms with Crippen molar-refractivity contribution in [2.75, 3.05) is 6.54 Å². The third kappa shape index (κ3) is 2.78. The molecule has 0 N–H and O–H groups in total. The number of hydrogen-bond acceptors (Lipinski definition) is 2. The average Bonchev–Trinajstić information content (AvgIpc) is 2.79. The Balaban J connectivity index is 2.17. The first-order valence-electron chi connectivity index (χ1n) is 5.64. The number of carbonyl (C=O) groups is 1. The molecular weight excluding hydrogens is 327 g/mol. The molecule has 1 atom stereocenters. The Bertz CT molecular complexity index is 449. The van der Waals surface area contributed by atoms with E-state index >= 15 is 0 Å². The Morgan fingerprint density at radius 2 is 2.18 bits per heavy atom. The van der Waals surface area contributed by atoms with Crippen LogP contribution >= 0.6 is 22.6 Å². The van der Waals surface area contributed by atoms with Crippen LogP contribution < -0.4 is 0 Å². The molecule has 0 bridgehead atoms. The van der Waals surface area contributed by atoms with E-state index in [0.717, 1.165) is 19.4 Å². The maximum absolute atomic E-state index is 11.8. The van der Waals surface area contributed by atoms with Gasteiger partial charge in [0.05, 0.1) is 12.1 Å². The molecule has 1 aliphatic heterocycles. The molecule has 0 aromatic heterocycles. The van der Waals surface area contributed by atoms with E-state index in [9.17, 15) is 4.79 Å². The number of rotatable bonds is 2. The molecule has 17 heavy (non-hydrogen) atoms. The maximum Gasteiger partial charge on any atom is 0.237 e. The van der Waals surface area contributed by atoms with Gasteiger partial charge >= 0.3 is 0 Å². The summed E-state index contributed by atoms with van der Waals surface area (Å²) < 4.78 is 1.19. The molecule has 1 amide bonds. The minimum absolute atomic E-state index is 0.0130. The molecule has 4 heteroatoms. The molecule has 1 aromatic carbocycles. The van der Waals surface area contributed by atoms with Crippen molar-refractivity contribution in [2.45, 2.75) is 25.3 Å². The average molecular weight is 340 g/mol. The molecule has 1 fully saturated rings. The Labute approximate surface area is 115 Å². The lowest BCUT2D eigenvalue weighted by atomic mass is 10.0. The van der Waals surface area contributed by atoms with Gasteiger partial charge in [0.2, 0.25) is 5.91 Å². The molecular formula is C13H13IN2O. The minimum Gasteiger partial charge on any atom is -0.335 e. The second-order valence-corrected chi connectivity index (χ2v) is 5.38. The van der Waals surface area contributed by atoms with Crippen molar-refractivity contribution in [1.82, 2.24) is 4.90 Å². The summed E-state index contributed by atoms with van der Waals surface area (Å²) in [6.07, 6.45) is 2.01. The molecule has 0 saturated carbocycles. The van der Waals surface area contributed by atoms with Gasteiger partial charge in [-0.25, -0.2) is 0 Å². The van der Waals surface area contributed by atoms with Gasteiger partial charge in [-0.3, -0.25) is 4.79 Å². The molecule has 2 rings (SSSR count). The van der Waals surface area contributed by atoms with E-state index in [1.165, 1.54) is 9.13 Å². The number of likely N-dealkylation sites (tertiary alicyclic amines) is 1. The second-order valence-electron chi connectivity index (χ2n) is 4.13. The van der Waals surface area contributed by atoms with Crippen molar-refractivity contribution >= 4 is 28.5 Å². The van der Waals surface area contributed by atoms with Crippen molar-refractivity contribution < 1.29 is 4.79 Å². The molecule has 1 heterocycles. The summed E-state index contributed by atoms with van der Waals surface area (Å²) in [6.45, 7) is 0.775. The SMILES string of the molecule is N#CCC(=O)N1CCCC1c1ccc(I)cc1. The quantitative estimate of drug-likeness (QED) is 0.777. The molecule has 88 valence electrons. The predicted octanol–water partition coefficient (Wildman–Crippen LogP) is 2.87. The van der Waals surface area contributed by atoms with Crippen LogP contribution in [0.2, 0.25) is 0 Å². The Kier molecular flexibility index (Phi) is 4.00. The lowest BCUT2D eigenvalue weighted by Gasteiger charge is -2.24. The highest BCUT2D eigenvalue weighted by atomic mass is 127. The zero-order chi connectivity index (χ0) is 12.3. The van der Waals surface area contributed by atoms with E-state index in [4.69, 9.17) is 5.26 Å². The fourth-order valence-electron chi connectivity index (χ4n) is 2.27. The second kappa shape index (κ2) is 5.50. The largest absolute Gasteiger partial charge is 0.335 e. The van der Waals surface area contributed by atoms with Crippen LogP contribution in [0.1, 0.15) is 30.9 Å². The minimum atomic E-state index is -0.0476. The van der Waals surface area contributed by atoms with Gasteiger partial charge in [-0.15, -0.1) is 0 Å². The van der Waals surface area contributed by atoms with E-state index in [1.54, 1.807) is 0 Å². The van der Waals surface area contributed by atoms with Crippen LogP contribution in [-0.2, 0) is 4.79 Å². The summed E-state index contributed by atoms with van der Waals surface area (Å²) in [5, 5.41) is 8.59. The highest BCUT2D eigenvalue weighted by Gasteiger charge is 2.29. The van der Waals surface area contributed by atoms with Crippen molar-refractivity contribution in [1.29, 1.82) is 5.26 Å². The summed E-state index contributed by atoms with van der Waals surface area (Å²) >= 11 is 2.27. The Hall–Kier alpha value is -1.09. The molecule has 0 spiro atoms. The van der Waals surface area contributed by atoms with Gasteiger partial charge in [-0.05, 0) is 53.1 Å². The van der Waals surface area contributed by atoms with Crippen molar-refractivity contribution in [2.24, 2.45) is 0 Å². The third-order valence-corrected chi connectivity index (χ3v) is 3.78. The van der Waals surface area contributed by atoms with Crippen LogP contribution in [0.25, 0.3) is 0 Å². The van der Waals surface area contributed by atoms with Crippen molar-refractivity contribution in [3.8, 4) is 6.07 Å². The first-order valence-corrected chi connectivity index (χ1v) is 6.72.